The minimum Gasteiger partial charge on any atom is -0.303 e. The van der Waals surface area contributed by atoms with Gasteiger partial charge in [0.05, 0.1) is 0 Å². The molecule has 0 atom stereocenters. The number of hydrogen-bond donors (Lipinski definition) is 0. The van der Waals surface area contributed by atoms with Crippen molar-refractivity contribution in [2.45, 2.75) is 25.7 Å². The average Bonchev–Trinajstić information content (AvgIpc) is 2.29. The lowest BCUT2D eigenvalue weighted by molar-refractivity contribution is 0.231. The van der Waals surface area contributed by atoms with Crippen LogP contribution < -0.4 is 0 Å². The Balaban J connectivity index is 1.76. The fraction of sp³-hybridized carbons (Fsp3) is 0.538. The van der Waals surface area contributed by atoms with Crippen molar-refractivity contribution >= 4 is 0 Å². The summed E-state index contributed by atoms with van der Waals surface area (Å²) in [5.74, 6) is 0. The van der Waals surface area contributed by atoms with Crippen LogP contribution in [0.3, 0.4) is 0 Å². The third-order valence-corrected chi connectivity index (χ3v) is 2.95. The third-order valence-electron chi connectivity index (χ3n) is 2.95. The maximum atomic E-state index is 3.06. The topological polar surface area (TPSA) is 3.24 Å². The predicted molar refractivity (Wildman–Crippen MR) is 59.3 cm³/mol. The van der Waals surface area contributed by atoms with Crippen LogP contribution >= 0.6 is 0 Å². The van der Waals surface area contributed by atoms with Crippen LogP contribution in [0.1, 0.15) is 24.8 Å². The summed E-state index contributed by atoms with van der Waals surface area (Å²) in [5, 5.41) is 0. The molecule has 14 heavy (non-hydrogen) atoms. The van der Waals surface area contributed by atoms with E-state index in [1.165, 1.54) is 50.9 Å². The Labute approximate surface area is 86.7 Å². The van der Waals surface area contributed by atoms with Crippen LogP contribution in [0.5, 0.6) is 0 Å². The zero-order valence-corrected chi connectivity index (χ0v) is 8.71. The second-order valence-corrected chi connectivity index (χ2v) is 4.06. The molecule has 75 valence electrons. The lowest BCUT2D eigenvalue weighted by Gasteiger charge is -2.26. The van der Waals surface area contributed by atoms with Gasteiger partial charge in [0.25, 0.3) is 0 Å². The monoisotopic (exact) mass is 188 g/mol. The molecule has 1 heteroatoms. The molecule has 1 fully saturated rings. The van der Waals surface area contributed by atoms with Crippen LogP contribution in [-0.2, 0) is 6.42 Å². The van der Waals surface area contributed by atoms with Gasteiger partial charge in [0.1, 0.15) is 0 Å². The van der Waals surface area contributed by atoms with Crippen LogP contribution in [-0.4, -0.2) is 24.5 Å². The van der Waals surface area contributed by atoms with E-state index in [-0.39, 0.29) is 0 Å². The van der Waals surface area contributed by atoms with E-state index in [9.17, 15) is 0 Å². The van der Waals surface area contributed by atoms with Crippen LogP contribution in [0.4, 0.5) is 0 Å². The van der Waals surface area contributed by atoms with E-state index >= 15 is 0 Å². The van der Waals surface area contributed by atoms with Crippen molar-refractivity contribution < 1.29 is 0 Å². The first-order valence-corrected chi connectivity index (χ1v) is 5.62. The molecule has 1 aromatic carbocycles. The summed E-state index contributed by atoms with van der Waals surface area (Å²) in [5.41, 5.74) is 1.44. The highest BCUT2D eigenvalue weighted by atomic mass is 15.1. The standard InChI is InChI=1S/C13H18N/c1-3-7-13(8-4-1)9-12-14-10-5-2-6-11-14/h3-4,7-8H,2,5-6,9-12H2. The van der Waals surface area contributed by atoms with Gasteiger partial charge in [0.15, 0.2) is 0 Å². The fourth-order valence-electron chi connectivity index (χ4n) is 2.06. The summed E-state index contributed by atoms with van der Waals surface area (Å²) < 4.78 is 0. The van der Waals surface area contributed by atoms with E-state index in [4.69, 9.17) is 0 Å². The molecule has 1 heterocycles. The van der Waals surface area contributed by atoms with Crippen LogP contribution in [0.25, 0.3) is 0 Å². The van der Waals surface area contributed by atoms with Gasteiger partial charge in [-0.05, 0) is 44.0 Å². The summed E-state index contributed by atoms with van der Waals surface area (Å²) in [7, 11) is 0. The molecule has 1 aliphatic heterocycles. The predicted octanol–water partition coefficient (Wildman–Crippen LogP) is 2.52. The smallest absolute Gasteiger partial charge is 0.00218 e. The molecule has 1 radical (unpaired) electrons. The SMILES string of the molecule is [c]1ccc(CCN2CCCCC2)cc1. The molecule has 2 rings (SSSR count). The highest BCUT2D eigenvalue weighted by molar-refractivity contribution is 5.14. The second kappa shape index (κ2) is 5.16. The number of likely N-dealkylation sites (tertiary alicyclic amines) is 1. The van der Waals surface area contributed by atoms with E-state index in [1.54, 1.807) is 0 Å². The Kier molecular flexibility index (Phi) is 3.58. The van der Waals surface area contributed by atoms with Crippen molar-refractivity contribution in [2.24, 2.45) is 0 Å². The molecule has 0 unspecified atom stereocenters. The quantitative estimate of drug-likeness (QED) is 0.704. The van der Waals surface area contributed by atoms with Crippen LogP contribution in [0.2, 0.25) is 0 Å². The van der Waals surface area contributed by atoms with Crippen molar-refractivity contribution in [3.8, 4) is 0 Å². The first-order valence-electron chi connectivity index (χ1n) is 5.62. The van der Waals surface area contributed by atoms with Gasteiger partial charge in [-0.15, -0.1) is 0 Å². The molecule has 1 nitrogen and oxygen atoms in total. The maximum Gasteiger partial charge on any atom is 0.00218 e. The third kappa shape index (κ3) is 2.85. The molecule has 0 aromatic heterocycles. The largest absolute Gasteiger partial charge is 0.303 e. The van der Waals surface area contributed by atoms with Gasteiger partial charge in [0.2, 0.25) is 0 Å². The van der Waals surface area contributed by atoms with Gasteiger partial charge in [-0.3, -0.25) is 0 Å². The molecular weight excluding hydrogens is 170 g/mol. The average molecular weight is 188 g/mol. The lowest BCUT2D eigenvalue weighted by atomic mass is 10.1. The number of benzene rings is 1. The summed E-state index contributed by atoms with van der Waals surface area (Å²) in [4.78, 5) is 2.58. The van der Waals surface area contributed by atoms with Crippen molar-refractivity contribution in [2.75, 3.05) is 19.6 Å². The van der Waals surface area contributed by atoms with Gasteiger partial charge in [-0.25, -0.2) is 0 Å². The van der Waals surface area contributed by atoms with Crippen LogP contribution in [0, 0.1) is 6.07 Å². The van der Waals surface area contributed by atoms with Crippen molar-refractivity contribution in [3.05, 3.63) is 35.9 Å². The Morgan fingerprint density at radius 3 is 2.50 bits per heavy atom. The van der Waals surface area contributed by atoms with Gasteiger partial charge < -0.3 is 4.90 Å². The Morgan fingerprint density at radius 1 is 1.07 bits per heavy atom. The molecular formula is C13H18N. The molecule has 0 N–H and O–H groups in total. The summed E-state index contributed by atoms with van der Waals surface area (Å²) in [6.45, 7) is 3.84. The first kappa shape index (κ1) is 9.72. The summed E-state index contributed by atoms with van der Waals surface area (Å²) in [6, 6.07) is 11.4. The van der Waals surface area contributed by atoms with E-state index in [1.807, 2.05) is 12.1 Å². The summed E-state index contributed by atoms with van der Waals surface area (Å²) in [6.07, 6.45) is 5.40. The van der Waals surface area contributed by atoms with Crippen molar-refractivity contribution in [1.29, 1.82) is 0 Å². The summed E-state index contributed by atoms with van der Waals surface area (Å²) >= 11 is 0. The van der Waals surface area contributed by atoms with Gasteiger partial charge in [-0.2, -0.15) is 0 Å². The number of hydrogen-bond acceptors (Lipinski definition) is 1. The highest BCUT2D eigenvalue weighted by Gasteiger charge is 2.08. The van der Waals surface area contributed by atoms with E-state index < -0.39 is 0 Å². The molecule has 0 spiro atoms. The molecule has 0 saturated carbocycles. The van der Waals surface area contributed by atoms with E-state index in [0.29, 0.717) is 0 Å². The maximum absolute atomic E-state index is 3.06. The van der Waals surface area contributed by atoms with E-state index in [2.05, 4.69) is 23.1 Å². The molecule has 1 aliphatic rings. The Morgan fingerprint density at radius 2 is 1.79 bits per heavy atom. The zero-order chi connectivity index (χ0) is 9.64. The number of piperidine rings is 1. The minimum atomic E-state index is 1.19. The Hall–Kier alpha value is -0.820. The molecule has 1 saturated heterocycles. The Bertz CT molecular complexity index is 249. The van der Waals surface area contributed by atoms with Crippen molar-refractivity contribution in [3.63, 3.8) is 0 Å². The number of rotatable bonds is 3. The molecule has 0 bridgehead atoms. The second-order valence-electron chi connectivity index (χ2n) is 4.06. The molecule has 0 amide bonds. The van der Waals surface area contributed by atoms with Crippen LogP contribution in [0.15, 0.2) is 24.3 Å². The first-order chi connectivity index (χ1) is 6.95. The fourth-order valence-corrected chi connectivity index (χ4v) is 2.06. The van der Waals surface area contributed by atoms with E-state index in [0.717, 1.165) is 0 Å². The number of nitrogens with zero attached hydrogens (tertiary/aromatic N) is 1. The van der Waals surface area contributed by atoms with Gasteiger partial charge in [-0.1, -0.05) is 30.7 Å². The lowest BCUT2D eigenvalue weighted by Crippen LogP contribution is -2.31. The molecule has 1 aromatic rings. The highest BCUT2D eigenvalue weighted by Crippen LogP contribution is 2.09. The molecule has 0 aliphatic carbocycles. The minimum absolute atomic E-state index is 1.19. The van der Waals surface area contributed by atoms with Gasteiger partial charge in [0, 0.05) is 6.54 Å². The zero-order valence-electron chi connectivity index (χ0n) is 8.71. The van der Waals surface area contributed by atoms with Gasteiger partial charge >= 0.3 is 0 Å². The normalized spacial score (nSPS) is 18.3. The van der Waals surface area contributed by atoms with Crippen molar-refractivity contribution in [1.82, 2.24) is 4.90 Å².